The van der Waals surface area contributed by atoms with Crippen LogP contribution in [0.3, 0.4) is 0 Å². The molecule has 160 valence electrons. The normalized spacial score (nSPS) is 16.5. The smallest absolute Gasteiger partial charge is 0.269 e. The van der Waals surface area contributed by atoms with Gasteiger partial charge in [0, 0.05) is 24.2 Å². The summed E-state index contributed by atoms with van der Waals surface area (Å²) >= 11 is 0. The molecule has 1 aliphatic carbocycles. The number of piperidine rings is 1. The fourth-order valence-electron chi connectivity index (χ4n) is 4.95. The van der Waals surface area contributed by atoms with E-state index >= 15 is 0 Å². The van der Waals surface area contributed by atoms with Gasteiger partial charge in [-0.1, -0.05) is 48.5 Å². The second kappa shape index (κ2) is 8.67. The van der Waals surface area contributed by atoms with Crippen LogP contribution in [0, 0.1) is 12.8 Å². The largest absolute Gasteiger partial charge is 0.350 e. The number of aromatic amines is 1. The molecule has 31 heavy (non-hydrogen) atoms. The number of aromatic nitrogens is 2. The van der Waals surface area contributed by atoms with E-state index in [4.69, 9.17) is 0 Å². The first-order chi connectivity index (χ1) is 15.2. The van der Waals surface area contributed by atoms with Gasteiger partial charge in [0.15, 0.2) is 0 Å². The maximum absolute atomic E-state index is 12.9. The van der Waals surface area contributed by atoms with Crippen molar-refractivity contribution in [3.8, 4) is 11.3 Å². The average molecular weight is 415 g/mol. The molecule has 1 amide bonds. The molecule has 0 bridgehead atoms. The fraction of sp³-hybridized carbons (Fsp3) is 0.385. The van der Waals surface area contributed by atoms with Crippen LogP contribution < -0.4 is 5.32 Å². The molecule has 0 atom stereocenters. The van der Waals surface area contributed by atoms with E-state index in [0.717, 1.165) is 68.7 Å². The van der Waals surface area contributed by atoms with Crippen molar-refractivity contribution in [1.82, 2.24) is 20.4 Å². The number of rotatable bonds is 5. The van der Waals surface area contributed by atoms with E-state index in [2.05, 4.69) is 69.8 Å². The molecule has 0 saturated carbocycles. The molecule has 1 saturated heterocycles. The van der Waals surface area contributed by atoms with E-state index in [9.17, 15) is 4.79 Å². The van der Waals surface area contributed by atoms with Crippen molar-refractivity contribution >= 4 is 5.91 Å². The first-order valence-corrected chi connectivity index (χ1v) is 11.4. The number of carbonyl (C=O) groups is 1. The Balaban J connectivity index is 1.15. The monoisotopic (exact) mass is 414 g/mol. The molecular weight excluding hydrogens is 384 g/mol. The van der Waals surface area contributed by atoms with Gasteiger partial charge in [0.25, 0.3) is 5.91 Å². The van der Waals surface area contributed by atoms with Crippen molar-refractivity contribution in [1.29, 1.82) is 0 Å². The van der Waals surface area contributed by atoms with Crippen LogP contribution in [0.4, 0.5) is 0 Å². The highest BCUT2D eigenvalue weighted by atomic mass is 16.1. The maximum atomic E-state index is 12.9. The van der Waals surface area contributed by atoms with Crippen LogP contribution in [0.25, 0.3) is 11.3 Å². The molecule has 0 unspecified atom stereocenters. The third-order valence-electron chi connectivity index (χ3n) is 6.92. The maximum Gasteiger partial charge on any atom is 0.269 e. The predicted octanol–water partition coefficient (Wildman–Crippen LogP) is 4.13. The van der Waals surface area contributed by atoms with Crippen molar-refractivity contribution < 1.29 is 4.79 Å². The minimum atomic E-state index is -0.0181. The molecule has 0 spiro atoms. The number of nitrogens with one attached hydrogen (secondary N) is 2. The molecule has 0 radical (unpaired) electrons. The van der Waals surface area contributed by atoms with E-state index in [1.54, 1.807) is 0 Å². The Bertz CT molecular complexity index is 1080. The summed E-state index contributed by atoms with van der Waals surface area (Å²) in [6.07, 6.45) is 4.08. The number of likely N-dealkylation sites (tertiary alicyclic amines) is 1. The third kappa shape index (κ3) is 4.15. The number of nitrogens with zero attached hydrogens (tertiary/aromatic N) is 2. The van der Waals surface area contributed by atoms with E-state index in [0.29, 0.717) is 11.6 Å². The summed E-state index contributed by atoms with van der Waals surface area (Å²) in [5.74, 6) is 0.520. The van der Waals surface area contributed by atoms with Crippen LogP contribution in [0.1, 0.15) is 45.6 Å². The topological polar surface area (TPSA) is 61.0 Å². The Labute approximate surface area is 183 Å². The summed E-state index contributed by atoms with van der Waals surface area (Å²) in [7, 11) is 0. The van der Waals surface area contributed by atoms with Gasteiger partial charge in [0.1, 0.15) is 5.69 Å². The van der Waals surface area contributed by atoms with Gasteiger partial charge in [-0.25, -0.2) is 0 Å². The Kier molecular flexibility index (Phi) is 5.60. The van der Waals surface area contributed by atoms with E-state index in [1.165, 1.54) is 16.7 Å². The van der Waals surface area contributed by atoms with Crippen LogP contribution in [0.15, 0.2) is 48.5 Å². The lowest BCUT2D eigenvalue weighted by molar-refractivity contribution is 0.0929. The molecule has 5 heteroatoms. The molecule has 5 nitrogen and oxygen atoms in total. The number of aryl methyl sites for hydroxylation is 2. The average Bonchev–Trinajstić information content (AvgIpc) is 3.25. The van der Waals surface area contributed by atoms with Crippen molar-refractivity contribution in [2.45, 2.75) is 39.2 Å². The summed E-state index contributed by atoms with van der Waals surface area (Å²) in [6.45, 7) is 6.12. The lowest BCUT2D eigenvalue weighted by atomic mass is 9.89. The van der Waals surface area contributed by atoms with Crippen molar-refractivity contribution in [3.05, 3.63) is 76.5 Å². The van der Waals surface area contributed by atoms with Gasteiger partial charge in [0.05, 0.1) is 5.69 Å². The zero-order valence-electron chi connectivity index (χ0n) is 18.2. The minimum Gasteiger partial charge on any atom is -0.350 e. The molecule has 3 aromatic rings. The van der Waals surface area contributed by atoms with Crippen LogP contribution in [0.2, 0.25) is 0 Å². The summed E-state index contributed by atoms with van der Waals surface area (Å²) in [5, 5.41) is 10.7. The highest BCUT2D eigenvalue weighted by Gasteiger charge is 2.26. The Hall–Kier alpha value is -2.92. The van der Waals surface area contributed by atoms with Crippen LogP contribution >= 0.6 is 0 Å². The first kappa shape index (κ1) is 20.0. The lowest BCUT2D eigenvalue weighted by Gasteiger charge is -2.32. The van der Waals surface area contributed by atoms with Gasteiger partial charge in [-0.05, 0) is 68.3 Å². The molecular formula is C26H30N4O. The van der Waals surface area contributed by atoms with Crippen LogP contribution in [0.5, 0.6) is 0 Å². The minimum absolute atomic E-state index is 0.0181. The van der Waals surface area contributed by atoms with Gasteiger partial charge < -0.3 is 5.32 Å². The second-order valence-corrected chi connectivity index (χ2v) is 8.94. The Morgan fingerprint density at radius 3 is 2.71 bits per heavy atom. The highest BCUT2D eigenvalue weighted by Crippen LogP contribution is 2.33. The Morgan fingerprint density at radius 1 is 1.10 bits per heavy atom. The van der Waals surface area contributed by atoms with Gasteiger partial charge in [-0.15, -0.1) is 0 Å². The van der Waals surface area contributed by atoms with Crippen LogP contribution in [-0.2, 0) is 19.4 Å². The van der Waals surface area contributed by atoms with Gasteiger partial charge in [-0.3, -0.25) is 14.8 Å². The van der Waals surface area contributed by atoms with Crippen molar-refractivity contribution in [3.63, 3.8) is 0 Å². The number of hydrogen-bond acceptors (Lipinski definition) is 3. The number of amides is 1. The van der Waals surface area contributed by atoms with Crippen molar-refractivity contribution in [2.75, 3.05) is 19.6 Å². The number of benzene rings is 2. The van der Waals surface area contributed by atoms with E-state index in [-0.39, 0.29) is 5.91 Å². The molecule has 5 rings (SSSR count). The third-order valence-corrected chi connectivity index (χ3v) is 6.92. The molecule has 1 fully saturated rings. The van der Waals surface area contributed by atoms with E-state index in [1.807, 2.05) is 6.07 Å². The Morgan fingerprint density at radius 2 is 1.87 bits per heavy atom. The lowest BCUT2D eigenvalue weighted by Crippen LogP contribution is -2.38. The first-order valence-electron chi connectivity index (χ1n) is 11.4. The van der Waals surface area contributed by atoms with Gasteiger partial charge >= 0.3 is 0 Å². The number of H-pyrrole nitrogens is 1. The molecule has 1 aliphatic heterocycles. The summed E-state index contributed by atoms with van der Waals surface area (Å²) < 4.78 is 0. The second-order valence-electron chi connectivity index (χ2n) is 8.94. The van der Waals surface area contributed by atoms with Gasteiger partial charge in [-0.2, -0.15) is 5.10 Å². The number of hydrogen-bond donors (Lipinski definition) is 2. The quantitative estimate of drug-likeness (QED) is 0.660. The molecule has 2 aromatic carbocycles. The molecule has 2 N–H and O–H groups in total. The fourth-order valence-corrected chi connectivity index (χ4v) is 4.95. The SMILES string of the molecule is Cc1ccccc1CN1CCC(CNC(=O)c2[nH]nc3c2CCc2ccccc2-3)CC1. The number of fused-ring (bicyclic) bond motifs is 3. The number of carbonyl (C=O) groups excluding carboxylic acids is 1. The summed E-state index contributed by atoms with van der Waals surface area (Å²) in [4.78, 5) is 15.4. The summed E-state index contributed by atoms with van der Waals surface area (Å²) in [5.41, 5.74) is 7.88. The summed E-state index contributed by atoms with van der Waals surface area (Å²) in [6, 6.07) is 17.0. The molecule has 2 heterocycles. The molecule has 1 aromatic heterocycles. The van der Waals surface area contributed by atoms with Crippen molar-refractivity contribution in [2.24, 2.45) is 5.92 Å². The zero-order valence-corrected chi connectivity index (χ0v) is 18.2. The standard InChI is InChI=1S/C26H30N4O/c1-18-6-2-3-8-21(18)17-30-14-12-19(13-15-30)16-27-26(31)25-23-11-10-20-7-4-5-9-22(20)24(23)28-29-25/h2-9,19H,10-17H2,1H3,(H,27,31)(H,28,29). The molecule has 2 aliphatic rings. The van der Waals surface area contributed by atoms with Gasteiger partial charge in [0.2, 0.25) is 0 Å². The van der Waals surface area contributed by atoms with Crippen LogP contribution in [-0.4, -0.2) is 40.6 Å². The predicted molar refractivity (Wildman–Crippen MR) is 123 cm³/mol. The van der Waals surface area contributed by atoms with E-state index < -0.39 is 0 Å². The zero-order chi connectivity index (χ0) is 21.2. The highest BCUT2D eigenvalue weighted by molar-refractivity contribution is 5.96.